The molecular weight excluding hydrogens is 413 g/mol. The minimum atomic E-state index is -0.440. The van der Waals surface area contributed by atoms with E-state index in [-0.39, 0.29) is 18.4 Å². The van der Waals surface area contributed by atoms with E-state index in [0.717, 1.165) is 27.9 Å². The van der Waals surface area contributed by atoms with Gasteiger partial charge in [0.15, 0.2) is 0 Å². The van der Waals surface area contributed by atoms with Crippen molar-refractivity contribution in [2.45, 2.75) is 13.5 Å². The molecule has 0 spiro atoms. The quantitative estimate of drug-likeness (QED) is 0.594. The Balaban J connectivity index is 1.32. The third-order valence-electron chi connectivity index (χ3n) is 5.45. The maximum absolute atomic E-state index is 13.5. The van der Waals surface area contributed by atoms with Crippen LogP contribution in [0.4, 0.5) is 9.18 Å². The largest absolute Gasteiger partial charge is 0.465 e. The van der Waals surface area contributed by atoms with Crippen molar-refractivity contribution in [2.24, 2.45) is 0 Å². The van der Waals surface area contributed by atoms with Crippen LogP contribution in [0.1, 0.15) is 12.7 Å². The predicted octanol–water partition coefficient (Wildman–Crippen LogP) is 3.63. The zero-order valence-electron chi connectivity index (χ0n) is 18.0. The van der Waals surface area contributed by atoms with Gasteiger partial charge in [0.1, 0.15) is 23.7 Å². The van der Waals surface area contributed by atoms with E-state index in [1.807, 2.05) is 30.3 Å². The van der Waals surface area contributed by atoms with Gasteiger partial charge in [-0.25, -0.2) is 9.18 Å². The molecule has 1 aromatic heterocycles. The van der Waals surface area contributed by atoms with Gasteiger partial charge in [-0.3, -0.25) is 9.69 Å². The lowest BCUT2D eigenvalue weighted by Crippen LogP contribution is -2.52. The molecule has 2 amide bonds. The molecule has 0 radical (unpaired) electrons. The van der Waals surface area contributed by atoms with Gasteiger partial charge in [-0.1, -0.05) is 18.2 Å². The molecule has 0 bridgehead atoms. The summed E-state index contributed by atoms with van der Waals surface area (Å²) >= 11 is 0. The monoisotopic (exact) mass is 439 g/mol. The average molecular weight is 439 g/mol. The van der Waals surface area contributed by atoms with Crippen molar-refractivity contribution in [1.29, 1.82) is 0 Å². The molecule has 1 saturated heterocycles. The number of piperazine rings is 1. The summed E-state index contributed by atoms with van der Waals surface area (Å²) in [5.41, 5.74) is 2.55. The van der Waals surface area contributed by atoms with Crippen molar-refractivity contribution in [3.63, 3.8) is 0 Å². The third kappa shape index (κ3) is 5.26. The molecule has 168 valence electrons. The number of esters is 1. The van der Waals surface area contributed by atoms with Gasteiger partial charge >= 0.3 is 12.0 Å². The number of halogens is 1. The van der Waals surface area contributed by atoms with Crippen molar-refractivity contribution in [1.82, 2.24) is 15.1 Å². The standard InChI is InChI=1S/C24H26FN3O4/c1-2-31-23(29)15-26-24(30)28-10-8-27(9-11-28)16-21-14-19-12-18(6-7-22(19)32-21)17-4-3-5-20(25)13-17/h3-7,12-14H,2,8-11,15-16H2,1H3,(H,26,30). The van der Waals surface area contributed by atoms with Crippen LogP contribution in [0, 0.1) is 5.82 Å². The van der Waals surface area contributed by atoms with Gasteiger partial charge < -0.3 is 19.4 Å². The Bertz CT molecular complexity index is 1110. The number of carbonyl (C=O) groups excluding carboxylic acids is 2. The maximum Gasteiger partial charge on any atom is 0.325 e. The Morgan fingerprint density at radius 2 is 1.84 bits per heavy atom. The van der Waals surface area contributed by atoms with Crippen LogP contribution in [-0.2, 0) is 16.1 Å². The summed E-state index contributed by atoms with van der Waals surface area (Å²) < 4.78 is 24.4. The first kappa shape index (κ1) is 21.8. The summed E-state index contributed by atoms with van der Waals surface area (Å²) in [4.78, 5) is 27.5. The minimum absolute atomic E-state index is 0.122. The van der Waals surface area contributed by atoms with Crippen molar-refractivity contribution in [2.75, 3.05) is 39.3 Å². The predicted molar refractivity (Wildman–Crippen MR) is 118 cm³/mol. The van der Waals surface area contributed by atoms with E-state index in [0.29, 0.717) is 39.3 Å². The molecule has 1 aliphatic rings. The van der Waals surface area contributed by atoms with E-state index in [1.165, 1.54) is 12.1 Å². The van der Waals surface area contributed by atoms with Gasteiger partial charge in [-0.15, -0.1) is 0 Å². The molecule has 1 N–H and O–H groups in total. The zero-order valence-corrected chi connectivity index (χ0v) is 18.0. The highest BCUT2D eigenvalue weighted by molar-refractivity contribution is 5.84. The number of amides is 2. The minimum Gasteiger partial charge on any atom is -0.465 e. The van der Waals surface area contributed by atoms with Crippen molar-refractivity contribution in [3.05, 3.63) is 60.1 Å². The number of nitrogens with zero attached hydrogens (tertiary/aromatic N) is 2. The molecule has 0 saturated carbocycles. The molecule has 4 rings (SSSR count). The number of hydrogen-bond donors (Lipinski definition) is 1. The molecule has 1 fully saturated rings. The molecule has 0 aliphatic carbocycles. The smallest absolute Gasteiger partial charge is 0.325 e. The van der Waals surface area contributed by atoms with Gasteiger partial charge in [0.2, 0.25) is 0 Å². The van der Waals surface area contributed by atoms with E-state index >= 15 is 0 Å². The summed E-state index contributed by atoms with van der Waals surface area (Å²) in [5.74, 6) is 0.144. The topological polar surface area (TPSA) is 75.0 Å². The fourth-order valence-electron chi connectivity index (χ4n) is 3.82. The number of fused-ring (bicyclic) bond motifs is 1. The molecule has 3 aromatic rings. The van der Waals surface area contributed by atoms with Crippen LogP contribution >= 0.6 is 0 Å². The molecule has 8 heteroatoms. The van der Waals surface area contributed by atoms with E-state index < -0.39 is 5.97 Å². The Morgan fingerprint density at radius 3 is 2.59 bits per heavy atom. The van der Waals surface area contributed by atoms with Crippen molar-refractivity contribution in [3.8, 4) is 11.1 Å². The van der Waals surface area contributed by atoms with Crippen LogP contribution in [0.15, 0.2) is 52.9 Å². The van der Waals surface area contributed by atoms with Crippen molar-refractivity contribution >= 4 is 23.0 Å². The first-order chi connectivity index (χ1) is 15.5. The first-order valence-electron chi connectivity index (χ1n) is 10.7. The molecule has 2 heterocycles. The normalized spacial score (nSPS) is 14.5. The van der Waals surface area contributed by atoms with Gasteiger partial charge in [-0.05, 0) is 48.4 Å². The van der Waals surface area contributed by atoms with Gasteiger partial charge in [0.05, 0.1) is 13.2 Å². The highest BCUT2D eigenvalue weighted by atomic mass is 19.1. The van der Waals surface area contributed by atoms with E-state index in [4.69, 9.17) is 9.15 Å². The van der Waals surface area contributed by atoms with Gasteiger partial charge in [0, 0.05) is 31.6 Å². The zero-order chi connectivity index (χ0) is 22.5. The summed E-state index contributed by atoms with van der Waals surface area (Å²) in [5, 5.41) is 3.56. The third-order valence-corrected chi connectivity index (χ3v) is 5.45. The maximum atomic E-state index is 13.5. The van der Waals surface area contributed by atoms with E-state index in [2.05, 4.69) is 10.2 Å². The van der Waals surface area contributed by atoms with E-state index in [1.54, 1.807) is 17.9 Å². The lowest BCUT2D eigenvalue weighted by Gasteiger charge is -2.34. The first-order valence-corrected chi connectivity index (χ1v) is 10.7. The van der Waals surface area contributed by atoms with Crippen LogP contribution in [0.5, 0.6) is 0 Å². The van der Waals surface area contributed by atoms with Crippen LogP contribution in [0.25, 0.3) is 22.1 Å². The molecule has 2 aromatic carbocycles. The number of benzene rings is 2. The van der Waals surface area contributed by atoms with Gasteiger partial charge in [-0.2, -0.15) is 0 Å². The Labute approximate surface area is 185 Å². The summed E-state index contributed by atoms with van der Waals surface area (Å²) in [6.45, 7) is 5.09. The Kier molecular flexibility index (Phi) is 6.70. The lowest BCUT2D eigenvalue weighted by atomic mass is 10.0. The average Bonchev–Trinajstić information content (AvgIpc) is 3.19. The second-order valence-electron chi connectivity index (χ2n) is 7.70. The molecule has 7 nitrogen and oxygen atoms in total. The molecule has 0 unspecified atom stereocenters. The number of carbonyl (C=O) groups is 2. The van der Waals surface area contributed by atoms with Gasteiger partial charge in [0.25, 0.3) is 0 Å². The SMILES string of the molecule is CCOC(=O)CNC(=O)N1CCN(Cc2cc3cc(-c4cccc(F)c4)ccc3o2)CC1. The van der Waals surface area contributed by atoms with Crippen LogP contribution in [-0.4, -0.2) is 61.1 Å². The van der Waals surface area contributed by atoms with Crippen LogP contribution < -0.4 is 5.32 Å². The number of furan rings is 1. The number of ether oxygens (including phenoxy) is 1. The van der Waals surface area contributed by atoms with E-state index in [9.17, 15) is 14.0 Å². The van der Waals surface area contributed by atoms with Crippen LogP contribution in [0.3, 0.4) is 0 Å². The molecule has 1 aliphatic heterocycles. The lowest BCUT2D eigenvalue weighted by molar-refractivity contribution is -0.141. The number of urea groups is 1. The van der Waals surface area contributed by atoms with Crippen LogP contribution in [0.2, 0.25) is 0 Å². The summed E-state index contributed by atoms with van der Waals surface area (Å²) in [6.07, 6.45) is 0. The molecule has 32 heavy (non-hydrogen) atoms. The second-order valence-corrected chi connectivity index (χ2v) is 7.70. The fraction of sp³-hybridized carbons (Fsp3) is 0.333. The highest BCUT2D eigenvalue weighted by Gasteiger charge is 2.22. The Hall–Kier alpha value is -3.39. The summed E-state index contributed by atoms with van der Waals surface area (Å²) in [6, 6.07) is 14.1. The Morgan fingerprint density at radius 1 is 1.06 bits per heavy atom. The molecule has 0 atom stereocenters. The van der Waals surface area contributed by atoms with Crippen molar-refractivity contribution < 1.29 is 23.1 Å². The highest BCUT2D eigenvalue weighted by Crippen LogP contribution is 2.27. The second kappa shape index (κ2) is 9.82. The fourth-order valence-corrected chi connectivity index (χ4v) is 3.82. The number of rotatable bonds is 6. The number of hydrogen-bond acceptors (Lipinski definition) is 5. The molecular formula is C24H26FN3O4. The number of nitrogens with one attached hydrogen (secondary N) is 1. The summed E-state index contributed by atoms with van der Waals surface area (Å²) in [7, 11) is 0.